The molecule has 2 aromatic carbocycles. The zero-order valence-electron chi connectivity index (χ0n) is 16.0. The first kappa shape index (κ1) is 21.8. The number of benzene rings is 2. The number of hydrogen-bond donors (Lipinski definition) is 1. The molecule has 2 aromatic rings. The summed E-state index contributed by atoms with van der Waals surface area (Å²) in [6, 6.07) is 11.2. The molecule has 0 spiro atoms. The number of nitrogens with one attached hydrogen (secondary N) is 1. The fourth-order valence-corrected chi connectivity index (χ4v) is 3.17. The summed E-state index contributed by atoms with van der Waals surface area (Å²) in [7, 11) is 0. The van der Waals surface area contributed by atoms with Gasteiger partial charge in [-0.15, -0.1) is 0 Å². The molecule has 0 aliphatic carbocycles. The molecular weight excluding hydrogens is 431 g/mol. The first-order chi connectivity index (χ1) is 14.2. The van der Waals surface area contributed by atoms with Crippen molar-refractivity contribution in [3.05, 3.63) is 69.2 Å². The van der Waals surface area contributed by atoms with Crippen molar-refractivity contribution in [2.75, 3.05) is 13.2 Å². The van der Waals surface area contributed by atoms with Crippen LogP contribution in [0.15, 0.2) is 42.5 Å². The molecule has 9 heteroatoms. The maximum Gasteiger partial charge on any atom is 0.311 e. The van der Waals surface area contributed by atoms with Crippen LogP contribution in [0.1, 0.15) is 32.7 Å². The first-order valence-electron chi connectivity index (χ1n) is 9.07. The Morgan fingerprint density at radius 3 is 2.40 bits per heavy atom. The molecule has 0 aromatic heterocycles. The minimum absolute atomic E-state index is 0.0521. The number of hydrazine groups is 1. The maximum absolute atomic E-state index is 12.3. The second-order valence-corrected chi connectivity index (χ2v) is 7.69. The number of Topliss-reactive ketones (excluding diaryl/α,β-unsaturated/α-hetero) is 1. The van der Waals surface area contributed by atoms with E-state index in [0.717, 1.165) is 10.6 Å². The van der Waals surface area contributed by atoms with Gasteiger partial charge in [-0.1, -0.05) is 53.0 Å². The van der Waals surface area contributed by atoms with Gasteiger partial charge in [0.15, 0.2) is 12.4 Å². The van der Waals surface area contributed by atoms with E-state index in [4.69, 9.17) is 27.9 Å². The van der Waals surface area contributed by atoms with E-state index >= 15 is 0 Å². The fraction of sp³-hybridized carbons (Fsp3) is 0.238. The maximum atomic E-state index is 12.3. The van der Waals surface area contributed by atoms with Gasteiger partial charge in [0.25, 0.3) is 5.91 Å². The molecule has 0 bridgehead atoms. The number of halogens is 2. The predicted octanol–water partition coefficient (Wildman–Crippen LogP) is 3.22. The third-order valence-electron chi connectivity index (χ3n) is 4.60. The molecule has 1 aliphatic heterocycles. The average Bonchev–Trinajstić information content (AvgIpc) is 3.08. The molecule has 0 saturated carbocycles. The number of carbonyl (C=O) groups excluding carboxylic acids is 4. The SMILES string of the molecule is Cc1ccc(C(=O)COC(=O)C2CC(=O)N(NC(=O)c3ccc(Cl)c(Cl)c3)C2)cc1. The van der Waals surface area contributed by atoms with Crippen LogP contribution in [0.3, 0.4) is 0 Å². The van der Waals surface area contributed by atoms with E-state index in [0.29, 0.717) is 10.6 Å². The average molecular weight is 449 g/mol. The number of esters is 1. The van der Waals surface area contributed by atoms with Gasteiger partial charge in [-0.3, -0.25) is 29.6 Å². The topological polar surface area (TPSA) is 92.8 Å². The highest BCUT2D eigenvalue weighted by Crippen LogP contribution is 2.23. The quantitative estimate of drug-likeness (QED) is 0.540. The summed E-state index contributed by atoms with van der Waals surface area (Å²) in [4.78, 5) is 48.9. The number of rotatable bonds is 6. The third kappa shape index (κ3) is 5.17. The second-order valence-electron chi connectivity index (χ2n) is 6.87. The summed E-state index contributed by atoms with van der Waals surface area (Å²) in [6.45, 7) is 1.43. The number of amides is 2. The normalized spacial score (nSPS) is 15.8. The van der Waals surface area contributed by atoms with Crippen LogP contribution in [0.5, 0.6) is 0 Å². The smallest absolute Gasteiger partial charge is 0.311 e. The van der Waals surface area contributed by atoms with Gasteiger partial charge < -0.3 is 4.74 Å². The van der Waals surface area contributed by atoms with E-state index in [9.17, 15) is 19.2 Å². The zero-order chi connectivity index (χ0) is 21.8. The Balaban J connectivity index is 1.53. The molecule has 0 radical (unpaired) electrons. The predicted molar refractivity (Wildman–Crippen MR) is 110 cm³/mol. The van der Waals surface area contributed by atoms with Crippen molar-refractivity contribution in [1.82, 2.24) is 10.4 Å². The van der Waals surface area contributed by atoms with Gasteiger partial charge >= 0.3 is 5.97 Å². The lowest BCUT2D eigenvalue weighted by atomic mass is 10.1. The molecule has 1 atom stereocenters. The Hall–Kier alpha value is -2.90. The number of ketones is 1. The molecule has 30 heavy (non-hydrogen) atoms. The molecule has 1 aliphatic rings. The van der Waals surface area contributed by atoms with Crippen molar-refractivity contribution in [2.45, 2.75) is 13.3 Å². The van der Waals surface area contributed by atoms with Gasteiger partial charge in [0.2, 0.25) is 5.91 Å². The highest BCUT2D eigenvalue weighted by atomic mass is 35.5. The minimum Gasteiger partial charge on any atom is -0.457 e. The van der Waals surface area contributed by atoms with E-state index in [2.05, 4.69) is 5.43 Å². The van der Waals surface area contributed by atoms with Crippen LogP contribution in [0.25, 0.3) is 0 Å². The summed E-state index contributed by atoms with van der Waals surface area (Å²) in [5.74, 6) is -2.79. The zero-order valence-corrected chi connectivity index (χ0v) is 17.5. The molecule has 2 amide bonds. The number of aryl methyl sites for hydroxylation is 1. The van der Waals surface area contributed by atoms with Crippen LogP contribution in [-0.2, 0) is 14.3 Å². The van der Waals surface area contributed by atoms with Crippen LogP contribution in [0.2, 0.25) is 10.0 Å². The van der Waals surface area contributed by atoms with Crippen molar-refractivity contribution < 1.29 is 23.9 Å². The lowest BCUT2D eigenvalue weighted by Gasteiger charge is -2.17. The van der Waals surface area contributed by atoms with Crippen molar-refractivity contribution in [2.24, 2.45) is 5.92 Å². The highest BCUT2D eigenvalue weighted by Gasteiger charge is 2.36. The van der Waals surface area contributed by atoms with E-state index in [1.807, 2.05) is 6.92 Å². The molecule has 1 saturated heterocycles. The van der Waals surface area contributed by atoms with Crippen molar-refractivity contribution in [3.63, 3.8) is 0 Å². The van der Waals surface area contributed by atoms with Crippen LogP contribution >= 0.6 is 23.2 Å². The van der Waals surface area contributed by atoms with Gasteiger partial charge in [-0.2, -0.15) is 0 Å². The summed E-state index contributed by atoms with van der Waals surface area (Å²) in [5, 5.41) is 1.56. The number of hydrogen-bond acceptors (Lipinski definition) is 5. The lowest BCUT2D eigenvalue weighted by molar-refractivity contribution is -0.147. The van der Waals surface area contributed by atoms with Gasteiger partial charge in [0.1, 0.15) is 0 Å². The largest absolute Gasteiger partial charge is 0.457 e. The van der Waals surface area contributed by atoms with Gasteiger partial charge in [0, 0.05) is 17.5 Å². The Kier molecular flexibility index (Phi) is 6.74. The van der Waals surface area contributed by atoms with Crippen molar-refractivity contribution in [3.8, 4) is 0 Å². The molecule has 7 nitrogen and oxygen atoms in total. The second kappa shape index (κ2) is 9.28. The standard InChI is InChI=1S/C21H18Cl2N2O5/c1-12-2-4-13(5-3-12)18(26)11-30-21(29)15-9-19(27)25(10-15)24-20(28)14-6-7-16(22)17(23)8-14/h2-8,15H,9-11H2,1H3,(H,24,28). The van der Waals surface area contributed by atoms with E-state index in [-0.39, 0.29) is 29.3 Å². The monoisotopic (exact) mass is 448 g/mol. The van der Waals surface area contributed by atoms with Crippen molar-refractivity contribution in [1.29, 1.82) is 0 Å². The van der Waals surface area contributed by atoms with Gasteiger partial charge in [0.05, 0.1) is 22.5 Å². The van der Waals surface area contributed by atoms with Crippen molar-refractivity contribution >= 4 is 46.8 Å². The van der Waals surface area contributed by atoms with E-state index in [1.54, 1.807) is 24.3 Å². The highest BCUT2D eigenvalue weighted by molar-refractivity contribution is 6.42. The molecule has 1 heterocycles. The number of carbonyl (C=O) groups is 4. The lowest BCUT2D eigenvalue weighted by Crippen LogP contribution is -2.43. The van der Waals surface area contributed by atoms with Crippen LogP contribution in [-0.4, -0.2) is 41.7 Å². The fourth-order valence-electron chi connectivity index (χ4n) is 2.88. The van der Waals surface area contributed by atoms with Crippen LogP contribution in [0.4, 0.5) is 0 Å². The summed E-state index contributed by atoms with van der Waals surface area (Å²) < 4.78 is 5.08. The van der Waals surface area contributed by atoms with Crippen LogP contribution < -0.4 is 5.43 Å². The summed E-state index contributed by atoms with van der Waals surface area (Å²) in [6.07, 6.45) is -0.126. The van der Waals surface area contributed by atoms with E-state index < -0.39 is 30.3 Å². The molecule has 3 rings (SSSR count). The molecule has 1 fully saturated rings. The number of nitrogens with zero attached hydrogens (tertiary/aromatic N) is 1. The molecular formula is C21H18Cl2N2O5. The Morgan fingerprint density at radius 1 is 1.07 bits per heavy atom. The van der Waals surface area contributed by atoms with Gasteiger partial charge in [-0.05, 0) is 25.1 Å². The summed E-state index contributed by atoms with van der Waals surface area (Å²) in [5.41, 5.74) is 4.10. The summed E-state index contributed by atoms with van der Waals surface area (Å²) >= 11 is 11.7. The van der Waals surface area contributed by atoms with Crippen LogP contribution in [0, 0.1) is 12.8 Å². The molecule has 1 N–H and O–H groups in total. The minimum atomic E-state index is -0.780. The number of ether oxygens (including phenoxy) is 1. The van der Waals surface area contributed by atoms with Gasteiger partial charge in [-0.25, -0.2) is 0 Å². The Morgan fingerprint density at radius 2 is 1.73 bits per heavy atom. The van der Waals surface area contributed by atoms with E-state index in [1.165, 1.54) is 18.2 Å². The first-order valence-corrected chi connectivity index (χ1v) is 9.83. The Bertz CT molecular complexity index is 1010. The molecule has 1 unspecified atom stereocenters. The Labute approximate surface area is 182 Å². The molecule has 156 valence electrons. The third-order valence-corrected chi connectivity index (χ3v) is 5.33.